The largest absolute Gasteiger partial charge is 0.503 e. The molecule has 1 unspecified atom stereocenters. The molecule has 5 rings (SSSR count). The highest BCUT2D eigenvalue weighted by atomic mass is 35.5. The molecule has 4 aromatic rings. The quantitative estimate of drug-likeness (QED) is 0.326. The summed E-state index contributed by atoms with van der Waals surface area (Å²) in [5, 5.41) is 12.2. The van der Waals surface area contributed by atoms with Crippen LogP contribution in [0, 0.1) is 13.8 Å². The van der Waals surface area contributed by atoms with Crippen LogP contribution in [0.5, 0.6) is 0 Å². The summed E-state index contributed by atoms with van der Waals surface area (Å²) in [6.45, 7) is 3.55. The summed E-state index contributed by atoms with van der Waals surface area (Å²) in [6, 6.07) is 17.4. The smallest absolute Gasteiger partial charge is 0.294 e. The molecule has 35 heavy (non-hydrogen) atoms. The zero-order valence-corrected chi connectivity index (χ0v) is 20.5. The number of anilines is 1. The van der Waals surface area contributed by atoms with Crippen LogP contribution in [0.2, 0.25) is 5.02 Å². The van der Waals surface area contributed by atoms with Crippen LogP contribution in [0.4, 0.5) is 5.69 Å². The number of aromatic nitrogens is 2. The topological polar surface area (TPSA) is 83.4 Å². The first-order valence-electron chi connectivity index (χ1n) is 10.9. The molecule has 6 nitrogen and oxygen atoms in total. The molecule has 1 aliphatic rings. The van der Waals surface area contributed by atoms with Gasteiger partial charge in [-0.3, -0.25) is 19.5 Å². The van der Waals surface area contributed by atoms with Crippen molar-refractivity contribution in [3.05, 3.63) is 111 Å². The Labute approximate surface area is 211 Å². The van der Waals surface area contributed by atoms with Crippen molar-refractivity contribution >= 4 is 40.3 Å². The van der Waals surface area contributed by atoms with E-state index in [1.807, 2.05) is 30.3 Å². The Balaban J connectivity index is 1.65. The Bertz CT molecular complexity index is 1480. The van der Waals surface area contributed by atoms with Gasteiger partial charge in [-0.05, 0) is 43.2 Å². The second-order valence-electron chi connectivity index (χ2n) is 8.14. The van der Waals surface area contributed by atoms with Gasteiger partial charge in [0.2, 0.25) is 5.78 Å². The molecule has 174 valence electrons. The molecule has 0 aliphatic carbocycles. The molecular weight excluding hydrogens is 482 g/mol. The maximum atomic E-state index is 13.9. The van der Waals surface area contributed by atoms with Crippen LogP contribution in [-0.4, -0.2) is 26.8 Å². The van der Waals surface area contributed by atoms with Gasteiger partial charge in [0.25, 0.3) is 5.91 Å². The second-order valence-corrected chi connectivity index (χ2v) is 9.55. The van der Waals surface area contributed by atoms with Crippen molar-refractivity contribution in [3.8, 4) is 10.6 Å². The molecule has 1 N–H and O–H groups in total. The van der Waals surface area contributed by atoms with Gasteiger partial charge in [0, 0.05) is 28.7 Å². The van der Waals surface area contributed by atoms with Crippen LogP contribution in [-0.2, 0) is 4.79 Å². The number of amides is 1. The number of aryl methyl sites for hydroxylation is 1. The van der Waals surface area contributed by atoms with E-state index in [0.717, 1.165) is 5.56 Å². The van der Waals surface area contributed by atoms with E-state index in [4.69, 9.17) is 11.6 Å². The summed E-state index contributed by atoms with van der Waals surface area (Å²) in [7, 11) is 0. The number of carbonyl (C=O) groups is 2. The number of Topliss-reactive ketones (excluding diaryl/α,β-unsaturated/α-hetero) is 1. The third-order valence-corrected chi connectivity index (χ3v) is 7.59. The fraction of sp³-hybridized carbons (Fsp3) is 0.111. The maximum absolute atomic E-state index is 13.9. The maximum Gasteiger partial charge on any atom is 0.294 e. The van der Waals surface area contributed by atoms with Crippen molar-refractivity contribution in [2.75, 3.05) is 4.90 Å². The summed E-state index contributed by atoms with van der Waals surface area (Å²) in [5.41, 5.74) is 3.19. The highest BCUT2D eigenvalue weighted by molar-refractivity contribution is 7.17. The summed E-state index contributed by atoms with van der Waals surface area (Å²) in [6.07, 6.45) is 3.20. The van der Waals surface area contributed by atoms with Gasteiger partial charge >= 0.3 is 0 Å². The van der Waals surface area contributed by atoms with Gasteiger partial charge in [0.1, 0.15) is 5.01 Å². The lowest BCUT2D eigenvalue weighted by Gasteiger charge is -2.28. The third-order valence-electron chi connectivity index (χ3n) is 5.98. The van der Waals surface area contributed by atoms with Crippen LogP contribution >= 0.6 is 22.9 Å². The van der Waals surface area contributed by atoms with Crippen LogP contribution in [0.3, 0.4) is 0 Å². The summed E-state index contributed by atoms with van der Waals surface area (Å²) in [4.78, 5) is 37.9. The lowest BCUT2D eigenvalue weighted by Crippen LogP contribution is -2.31. The summed E-state index contributed by atoms with van der Waals surface area (Å²) in [5.74, 6) is -1.70. The minimum Gasteiger partial charge on any atom is -0.503 e. The fourth-order valence-electron chi connectivity index (χ4n) is 4.23. The molecular formula is C27H20ClN3O3S. The monoisotopic (exact) mass is 501 g/mol. The van der Waals surface area contributed by atoms with Crippen LogP contribution in [0.1, 0.15) is 32.5 Å². The first-order valence-corrected chi connectivity index (χ1v) is 12.1. The predicted molar refractivity (Wildman–Crippen MR) is 137 cm³/mol. The van der Waals surface area contributed by atoms with Crippen LogP contribution in [0.15, 0.2) is 84.4 Å². The van der Waals surface area contributed by atoms with Crippen molar-refractivity contribution in [1.82, 2.24) is 9.97 Å². The summed E-state index contributed by atoms with van der Waals surface area (Å²) >= 11 is 7.58. The highest BCUT2D eigenvalue weighted by Crippen LogP contribution is 2.44. The molecule has 8 heteroatoms. The molecule has 3 heterocycles. The van der Waals surface area contributed by atoms with E-state index >= 15 is 0 Å². The van der Waals surface area contributed by atoms with Gasteiger partial charge in [-0.25, -0.2) is 4.98 Å². The Morgan fingerprint density at radius 1 is 1.06 bits per heavy atom. The zero-order valence-electron chi connectivity index (χ0n) is 18.9. The van der Waals surface area contributed by atoms with Crippen molar-refractivity contribution in [2.45, 2.75) is 19.9 Å². The summed E-state index contributed by atoms with van der Waals surface area (Å²) < 4.78 is 0. The van der Waals surface area contributed by atoms with Gasteiger partial charge < -0.3 is 5.11 Å². The van der Waals surface area contributed by atoms with E-state index in [1.165, 1.54) is 16.2 Å². The normalized spacial score (nSPS) is 15.7. The molecule has 0 saturated carbocycles. The molecule has 0 spiro atoms. The van der Waals surface area contributed by atoms with Gasteiger partial charge in [0.15, 0.2) is 5.76 Å². The van der Waals surface area contributed by atoms with Crippen molar-refractivity contribution in [1.29, 1.82) is 0 Å². The van der Waals surface area contributed by atoms with E-state index in [2.05, 4.69) is 9.97 Å². The average Bonchev–Trinajstić information content (AvgIpc) is 3.39. The molecule has 0 bridgehead atoms. The van der Waals surface area contributed by atoms with Gasteiger partial charge in [0.05, 0.1) is 22.2 Å². The lowest BCUT2D eigenvalue weighted by molar-refractivity contribution is -0.117. The first kappa shape index (κ1) is 23.0. The van der Waals surface area contributed by atoms with E-state index in [1.54, 1.807) is 56.6 Å². The number of carbonyl (C=O) groups excluding carboxylic acids is 2. The van der Waals surface area contributed by atoms with Gasteiger partial charge in [-0.2, -0.15) is 0 Å². The Morgan fingerprint density at radius 3 is 2.54 bits per heavy atom. The zero-order chi connectivity index (χ0) is 24.7. The number of halogens is 1. The Hall–Kier alpha value is -3.81. The van der Waals surface area contributed by atoms with Gasteiger partial charge in [-0.15, -0.1) is 11.3 Å². The number of benzene rings is 2. The number of thiazole rings is 1. The lowest BCUT2D eigenvalue weighted by atomic mass is 9.95. The van der Waals surface area contributed by atoms with Crippen LogP contribution in [0.25, 0.3) is 10.6 Å². The SMILES string of the molecule is Cc1nc(-c2ccccc2)sc1C(=O)C1=C(O)C(=O)N(c2cccc(Cl)c2C)C1c1cccnc1. The number of hydrogen-bond acceptors (Lipinski definition) is 6. The number of pyridine rings is 1. The van der Waals surface area contributed by atoms with Crippen molar-refractivity contribution in [3.63, 3.8) is 0 Å². The molecule has 0 radical (unpaired) electrons. The standard InChI is InChI=1S/C27H20ClN3O3S/c1-15-19(28)11-6-12-20(15)31-22(18-10-7-13-29-14-18)21(24(33)27(31)34)23(32)25-16(2)30-26(35-25)17-8-4-3-5-9-17/h3-14,22,33H,1-2H3. The number of aliphatic hydroxyl groups excluding tert-OH is 1. The van der Waals surface area contributed by atoms with Crippen molar-refractivity contribution < 1.29 is 14.7 Å². The van der Waals surface area contributed by atoms with E-state index in [0.29, 0.717) is 37.4 Å². The fourth-order valence-corrected chi connectivity index (χ4v) is 5.42. The predicted octanol–water partition coefficient (Wildman–Crippen LogP) is 6.26. The molecule has 0 saturated heterocycles. The molecule has 1 atom stereocenters. The molecule has 0 fully saturated rings. The number of aliphatic hydroxyl groups is 1. The molecule has 1 amide bonds. The second kappa shape index (κ2) is 9.09. The number of nitrogens with zero attached hydrogens (tertiary/aromatic N) is 3. The molecule has 2 aromatic heterocycles. The molecule has 2 aromatic carbocycles. The van der Waals surface area contributed by atoms with E-state index in [9.17, 15) is 14.7 Å². The average molecular weight is 502 g/mol. The Morgan fingerprint density at radius 2 is 1.83 bits per heavy atom. The van der Waals surface area contributed by atoms with E-state index < -0.39 is 23.5 Å². The van der Waals surface area contributed by atoms with E-state index in [-0.39, 0.29) is 5.57 Å². The first-order chi connectivity index (χ1) is 16.9. The number of hydrogen-bond donors (Lipinski definition) is 1. The molecule has 1 aliphatic heterocycles. The number of ketones is 1. The highest BCUT2D eigenvalue weighted by Gasteiger charge is 2.46. The van der Waals surface area contributed by atoms with Gasteiger partial charge in [-0.1, -0.05) is 54.1 Å². The minimum atomic E-state index is -0.873. The third kappa shape index (κ3) is 3.92. The Kier molecular flexibility index (Phi) is 5.96. The minimum absolute atomic E-state index is 0.00580. The van der Waals surface area contributed by atoms with Crippen molar-refractivity contribution in [2.24, 2.45) is 0 Å². The number of rotatable bonds is 5. The van der Waals surface area contributed by atoms with Crippen LogP contribution < -0.4 is 4.90 Å².